The van der Waals surface area contributed by atoms with Crippen LogP contribution >= 0.6 is 0 Å². The Bertz CT molecular complexity index is 313. The molecule has 1 N–H and O–H groups in total. The Morgan fingerprint density at radius 2 is 2.14 bits per heavy atom. The number of hydrogen-bond acceptors (Lipinski definition) is 1. The molecule has 76 valence electrons. The third-order valence-electron chi connectivity index (χ3n) is 2.30. The van der Waals surface area contributed by atoms with Gasteiger partial charge < -0.3 is 5.32 Å². The molecule has 1 aromatic rings. The molecule has 1 heteroatoms. The van der Waals surface area contributed by atoms with Gasteiger partial charge in [-0.1, -0.05) is 37.6 Å². The third kappa shape index (κ3) is 2.91. The average molecular weight is 189 g/mol. The van der Waals surface area contributed by atoms with Crippen molar-refractivity contribution < 1.29 is 0 Å². The maximum atomic E-state index is 3.19. The lowest BCUT2D eigenvalue weighted by molar-refractivity contribution is 0.962. The van der Waals surface area contributed by atoms with Crippen molar-refractivity contribution in [2.24, 2.45) is 0 Å². The van der Waals surface area contributed by atoms with Crippen LogP contribution in [0.3, 0.4) is 0 Å². The van der Waals surface area contributed by atoms with Crippen LogP contribution in [0.15, 0.2) is 24.3 Å². The van der Waals surface area contributed by atoms with Crippen LogP contribution in [0.5, 0.6) is 0 Å². The van der Waals surface area contributed by atoms with Gasteiger partial charge in [-0.3, -0.25) is 0 Å². The average Bonchev–Trinajstić information content (AvgIpc) is 2.21. The van der Waals surface area contributed by atoms with E-state index < -0.39 is 0 Å². The SMILES string of the molecule is CCC/C=C/c1ccc(C)c(NC)c1. The molecule has 0 aliphatic rings. The van der Waals surface area contributed by atoms with Gasteiger partial charge in [0.2, 0.25) is 0 Å². The first-order valence-corrected chi connectivity index (χ1v) is 5.23. The summed E-state index contributed by atoms with van der Waals surface area (Å²) < 4.78 is 0. The van der Waals surface area contributed by atoms with Crippen molar-refractivity contribution in [2.45, 2.75) is 26.7 Å². The predicted molar refractivity (Wildman–Crippen MR) is 64.7 cm³/mol. The van der Waals surface area contributed by atoms with Gasteiger partial charge >= 0.3 is 0 Å². The lowest BCUT2D eigenvalue weighted by atomic mass is 10.1. The van der Waals surface area contributed by atoms with Gasteiger partial charge in [0.25, 0.3) is 0 Å². The molecule has 0 saturated carbocycles. The normalized spacial score (nSPS) is 10.8. The number of anilines is 1. The number of hydrogen-bond donors (Lipinski definition) is 1. The molecule has 0 unspecified atom stereocenters. The molecule has 0 aliphatic heterocycles. The van der Waals surface area contributed by atoms with E-state index in [1.54, 1.807) is 0 Å². The smallest absolute Gasteiger partial charge is 0.0373 e. The largest absolute Gasteiger partial charge is 0.388 e. The van der Waals surface area contributed by atoms with E-state index in [2.05, 4.69) is 49.5 Å². The van der Waals surface area contributed by atoms with Gasteiger partial charge in [-0.25, -0.2) is 0 Å². The van der Waals surface area contributed by atoms with Crippen molar-refractivity contribution in [3.05, 3.63) is 35.4 Å². The molecule has 1 aromatic carbocycles. The van der Waals surface area contributed by atoms with Gasteiger partial charge in [-0.15, -0.1) is 0 Å². The molecule has 14 heavy (non-hydrogen) atoms. The summed E-state index contributed by atoms with van der Waals surface area (Å²) in [6.45, 7) is 4.31. The number of rotatable bonds is 4. The van der Waals surface area contributed by atoms with Gasteiger partial charge in [0.1, 0.15) is 0 Å². The zero-order chi connectivity index (χ0) is 10.4. The highest BCUT2D eigenvalue weighted by atomic mass is 14.8. The first kappa shape index (κ1) is 10.8. The van der Waals surface area contributed by atoms with E-state index in [1.807, 2.05) is 7.05 Å². The zero-order valence-corrected chi connectivity index (χ0v) is 9.30. The number of aryl methyl sites for hydroxylation is 1. The number of nitrogens with one attached hydrogen (secondary N) is 1. The summed E-state index contributed by atoms with van der Waals surface area (Å²) in [5, 5.41) is 3.19. The fourth-order valence-electron chi connectivity index (χ4n) is 1.40. The number of unbranched alkanes of at least 4 members (excludes halogenated alkanes) is 1. The first-order chi connectivity index (χ1) is 6.77. The van der Waals surface area contributed by atoms with Gasteiger partial charge in [-0.2, -0.15) is 0 Å². The number of benzene rings is 1. The Hall–Kier alpha value is -1.24. The molecule has 0 spiro atoms. The van der Waals surface area contributed by atoms with Crippen LogP contribution < -0.4 is 5.32 Å². The molecule has 0 aliphatic carbocycles. The highest BCUT2D eigenvalue weighted by Gasteiger charge is 1.95. The molecule has 0 aromatic heterocycles. The fraction of sp³-hybridized carbons (Fsp3) is 0.385. The predicted octanol–water partition coefficient (Wildman–Crippen LogP) is 3.85. The second-order valence-corrected chi connectivity index (χ2v) is 3.52. The maximum Gasteiger partial charge on any atom is 0.0373 e. The maximum absolute atomic E-state index is 3.19. The van der Waals surface area contributed by atoms with Crippen molar-refractivity contribution in [3.8, 4) is 0 Å². The highest BCUT2D eigenvalue weighted by Crippen LogP contribution is 2.17. The summed E-state index contributed by atoms with van der Waals surface area (Å²) in [6, 6.07) is 6.49. The van der Waals surface area contributed by atoms with Crippen molar-refractivity contribution in [1.82, 2.24) is 0 Å². The fourth-order valence-corrected chi connectivity index (χ4v) is 1.40. The van der Waals surface area contributed by atoms with Crippen molar-refractivity contribution >= 4 is 11.8 Å². The van der Waals surface area contributed by atoms with E-state index in [-0.39, 0.29) is 0 Å². The van der Waals surface area contributed by atoms with Crippen LogP contribution in [0.1, 0.15) is 30.9 Å². The summed E-state index contributed by atoms with van der Waals surface area (Å²) >= 11 is 0. The van der Waals surface area contributed by atoms with Crippen LogP contribution in [0, 0.1) is 6.92 Å². The van der Waals surface area contributed by atoms with Gasteiger partial charge in [0.15, 0.2) is 0 Å². The van der Waals surface area contributed by atoms with Crippen molar-refractivity contribution in [2.75, 3.05) is 12.4 Å². The molecule has 0 atom stereocenters. The minimum absolute atomic E-state index is 1.16. The molecule has 0 saturated heterocycles. The lowest BCUT2D eigenvalue weighted by Crippen LogP contribution is -1.91. The molecule has 1 nitrogen and oxygen atoms in total. The summed E-state index contributed by atoms with van der Waals surface area (Å²) in [6.07, 6.45) is 6.78. The molecule has 0 heterocycles. The molecule has 0 fully saturated rings. The molecule has 0 radical (unpaired) electrons. The quantitative estimate of drug-likeness (QED) is 0.758. The van der Waals surface area contributed by atoms with Crippen LogP contribution in [-0.4, -0.2) is 7.05 Å². The molecule has 1 rings (SSSR count). The van der Waals surface area contributed by atoms with Gasteiger partial charge in [-0.05, 0) is 30.5 Å². The van der Waals surface area contributed by atoms with E-state index in [9.17, 15) is 0 Å². The minimum atomic E-state index is 1.16. The second kappa shape index (κ2) is 5.48. The van der Waals surface area contributed by atoms with Crippen LogP contribution in [-0.2, 0) is 0 Å². The molecule has 0 bridgehead atoms. The van der Waals surface area contributed by atoms with Crippen LogP contribution in [0.4, 0.5) is 5.69 Å². The van der Waals surface area contributed by atoms with E-state index in [0.717, 1.165) is 6.42 Å². The van der Waals surface area contributed by atoms with Crippen molar-refractivity contribution in [1.29, 1.82) is 0 Å². The molecule has 0 amide bonds. The summed E-state index contributed by atoms with van der Waals surface area (Å²) in [5.74, 6) is 0. The Morgan fingerprint density at radius 3 is 2.79 bits per heavy atom. The third-order valence-corrected chi connectivity index (χ3v) is 2.30. The van der Waals surface area contributed by atoms with E-state index in [4.69, 9.17) is 0 Å². The van der Waals surface area contributed by atoms with Crippen LogP contribution in [0.25, 0.3) is 6.08 Å². The standard InChI is InChI=1S/C13H19N/c1-4-5-6-7-12-9-8-11(2)13(10-12)14-3/h6-10,14H,4-5H2,1-3H3/b7-6+. The van der Waals surface area contributed by atoms with E-state index >= 15 is 0 Å². The summed E-state index contributed by atoms with van der Waals surface area (Å²) in [7, 11) is 1.96. The van der Waals surface area contributed by atoms with Gasteiger partial charge in [0, 0.05) is 12.7 Å². The van der Waals surface area contributed by atoms with E-state index in [0.29, 0.717) is 0 Å². The Morgan fingerprint density at radius 1 is 1.36 bits per heavy atom. The Balaban J connectivity index is 2.79. The lowest BCUT2D eigenvalue weighted by Gasteiger charge is -2.05. The molecular weight excluding hydrogens is 170 g/mol. The Kier molecular flexibility index (Phi) is 4.24. The van der Waals surface area contributed by atoms with Crippen LogP contribution in [0.2, 0.25) is 0 Å². The second-order valence-electron chi connectivity index (χ2n) is 3.52. The van der Waals surface area contributed by atoms with Gasteiger partial charge in [0.05, 0.1) is 0 Å². The van der Waals surface area contributed by atoms with E-state index in [1.165, 1.54) is 23.2 Å². The summed E-state index contributed by atoms with van der Waals surface area (Å²) in [4.78, 5) is 0. The van der Waals surface area contributed by atoms with Crippen molar-refractivity contribution in [3.63, 3.8) is 0 Å². The highest BCUT2D eigenvalue weighted by molar-refractivity contribution is 5.60. The topological polar surface area (TPSA) is 12.0 Å². The monoisotopic (exact) mass is 189 g/mol. The molecular formula is C13H19N. The first-order valence-electron chi connectivity index (χ1n) is 5.23. The number of allylic oxidation sites excluding steroid dienone is 1. The Labute approximate surface area is 86.8 Å². The minimum Gasteiger partial charge on any atom is -0.388 e. The summed E-state index contributed by atoms with van der Waals surface area (Å²) in [5.41, 5.74) is 3.78. The zero-order valence-electron chi connectivity index (χ0n) is 9.30.